The Hall–Kier alpha value is -2.37. The molecule has 5 heteroatoms. The Morgan fingerprint density at radius 1 is 1.22 bits per heavy atom. The Labute approximate surface area is 138 Å². The lowest BCUT2D eigenvalue weighted by Gasteiger charge is -2.10. The molecule has 116 valence electrons. The lowest BCUT2D eigenvalue weighted by atomic mass is 10.2. The van der Waals surface area contributed by atoms with Crippen molar-refractivity contribution >= 4 is 26.5 Å². The van der Waals surface area contributed by atoms with Crippen LogP contribution in [0.5, 0.6) is 11.5 Å². The summed E-state index contributed by atoms with van der Waals surface area (Å²) in [5.41, 5.74) is 9.14. The highest BCUT2D eigenvalue weighted by Crippen LogP contribution is 2.32. The van der Waals surface area contributed by atoms with Crippen LogP contribution in [0.4, 0.5) is 0 Å². The van der Waals surface area contributed by atoms with Crippen LogP contribution in [0, 0.1) is 0 Å². The van der Waals surface area contributed by atoms with Gasteiger partial charge in [0.1, 0.15) is 11.5 Å². The predicted molar refractivity (Wildman–Crippen MR) is 94.4 cm³/mol. The van der Waals surface area contributed by atoms with Gasteiger partial charge in [-0.1, -0.05) is 36.5 Å². The number of ether oxygens (including phenoxy) is 1. The summed E-state index contributed by atoms with van der Waals surface area (Å²) in [4.78, 5) is 5.52. The fraction of sp³-hybridized carbons (Fsp3) is 0.167. The van der Waals surface area contributed by atoms with Gasteiger partial charge in [-0.05, 0) is 24.6 Å². The van der Waals surface area contributed by atoms with Crippen molar-refractivity contribution in [3.05, 3.63) is 59.9 Å². The van der Waals surface area contributed by atoms with Crippen molar-refractivity contribution in [2.75, 3.05) is 0 Å². The second-order valence-electron chi connectivity index (χ2n) is 5.37. The van der Waals surface area contributed by atoms with Crippen LogP contribution in [-0.4, -0.2) is 9.38 Å². The van der Waals surface area contributed by atoms with Crippen LogP contribution in [0.3, 0.4) is 0 Å². The number of imidazole rings is 1. The molecule has 4 aromatic rings. The van der Waals surface area contributed by atoms with Crippen molar-refractivity contribution in [2.24, 2.45) is 5.73 Å². The third-order valence-corrected chi connectivity index (χ3v) is 4.99. The smallest absolute Gasteiger partial charge is 0.194 e. The van der Waals surface area contributed by atoms with Crippen molar-refractivity contribution in [2.45, 2.75) is 19.9 Å². The first kappa shape index (κ1) is 14.2. The topological polar surface area (TPSA) is 52.5 Å². The highest BCUT2D eigenvalue weighted by atomic mass is 32.1. The average molecular weight is 323 g/mol. The van der Waals surface area contributed by atoms with Crippen LogP contribution in [0.15, 0.2) is 48.7 Å². The molecule has 0 saturated carbocycles. The molecule has 0 aliphatic rings. The van der Waals surface area contributed by atoms with E-state index in [0.717, 1.165) is 34.0 Å². The van der Waals surface area contributed by atoms with E-state index in [-0.39, 0.29) is 0 Å². The van der Waals surface area contributed by atoms with E-state index in [1.54, 1.807) is 11.3 Å². The predicted octanol–water partition coefficient (Wildman–Crippen LogP) is 4.36. The number of hydrogen-bond donors (Lipinski definition) is 1. The molecule has 4 rings (SSSR count). The van der Waals surface area contributed by atoms with Gasteiger partial charge in [-0.25, -0.2) is 4.98 Å². The number of nitrogens with two attached hydrogens (primary N) is 1. The fourth-order valence-electron chi connectivity index (χ4n) is 2.77. The van der Waals surface area contributed by atoms with Gasteiger partial charge < -0.3 is 10.5 Å². The number of aromatic nitrogens is 2. The number of rotatable bonds is 4. The van der Waals surface area contributed by atoms with Gasteiger partial charge in [0, 0.05) is 23.9 Å². The summed E-state index contributed by atoms with van der Waals surface area (Å²) in [6.45, 7) is 2.60. The van der Waals surface area contributed by atoms with Crippen molar-refractivity contribution in [1.82, 2.24) is 9.38 Å². The van der Waals surface area contributed by atoms with E-state index in [1.165, 1.54) is 10.4 Å². The largest absolute Gasteiger partial charge is 0.457 e. The van der Waals surface area contributed by atoms with E-state index in [0.29, 0.717) is 6.54 Å². The number of nitrogens with zero attached hydrogens (tertiary/aromatic N) is 2. The zero-order chi connectivity index (χ0) is 15.8. The minimum absolute atomic E-state index is 0.461. The summed E-state index contributed by atoms with van der Waals surface area (Å²) in [5.74, 6) is 1.62. The Kier molecular flexibility index (Phi) is 3.52. The molecule has 0 aliphatic heterocycles. The molecule has 4 nitrogen and oxygen atoms in total. The number of aryl methyl sites for hydroxylation is 1. The molecule has 2 N–H and O–H groups in total. The number of para-hydroxylation sites is 1. The van der Waals surface area contributed by atoms with Gasteiger partial charge in [0.2, 0.25) is 0 Å². The Balaban J connectivity index is 1.81. The molecule has 0 spiro atoms. The Morgan fingerprint density at radius 3 is 2.91 bits per heavy atom. The molecule has 0 amide bonds. The molecule has 2 aromatic carbocycles. The molecule has 0 saturated heterocycles. The van der Waals surface area contributed by atoms with Crippen LogP contribution in [0.2, 0.25) is 0 Å². The van der Waals surface area contributed by atoms with Crippen LogP contribution in [0.1, 0.15) is 18.2 Å². The first-order valence-corrected chi connectivity index (χ1v) is 8.46. The van der Waals surface area contributed by atoms with Gasteiger partial charge >= 0.3 is 0 Å². The second-order valence-corrected chi connectivity index (χ2v) is 6.38. The van der Waals surface area contributed by atoms with Gasteiger partial charge in [0.05, 0.1) is 16.4 Å². The maximum atomic E-state index is 6.07. The molecule has 0 bridgehead atoms. The minimum atomic E-state index is 0.461. The Morgan fingerprint density at radius 2 is 2.09 bits per heavy atom. The van der Waals surface area contributed by atoms with Gasteiger partial charge in [0.25, 0.3) is 0 Å². The normalized spacial score (nSPS) is 11.4. The van der Waals surface area contributed by atoms with E-state index < -0.39 is 0 Å². The van der Waals surface area contributed by atoms with E-state index in [9.17, 15) is 0 Å². The van der Waals surface area contributed by atoms with Crippen LogP contribution in [-0.2, 0) is 13.0 Å². The first-order chi connectivity index (χ1) is 11.3. The van der Waals surface area contributed by atoms with Gasteiger partial charge in [-0.3, -0.25) is 4.40 Å². The van der Waals surface area contributed by atoms with E-state index in [4.69, 9.17) is 10.5 Å². The molecule has 2 heterocycles. The van der Waals surface area contributed by atoms with Gasteiger partial charge in [-0.2, -0.15) is 0 Å². The third-order valence-electron chi connectivity index (χ3n) is 3.96. The van der Waals surface area contributed by atoms with Gasteiger partial charge in [-0.15, -0.1) is 0 Å². The zero-order valence-corrected chi connectivity index (χ0v) is 13.6. The number of benzene rings is 2. The molecule has 0 aliphatic carbocycles. The SMILES string of the molecule is CCc1cnc2sc3ccc(Oc4ccccc4CN)cc3n12. The quantitative estimate of drug-likeness (QED) is 0.607. The molecule has 0 atom stereocenters. The summed E-state index contributed by atoms with van der Waals surface area (Å²) in [5, 5.41) is 0. The molecule has 2 aromatic heterocycles. The van der Waals surface area contributed by atoms with Crippen LogP contribution >= 0.6 is 11.3 Å². The van der Waals surface area contributed by atoms with E-state index in [1.807, 2.05) is 36.5 Å². The highest BCUT2D eigenvalue weighted by Gasteiger charge is 2.11. The average Bonchev–Trinajstić information content (AvgIpc) is 3.14. The van der Waals surface area contributed by atoms with Crippen LogP contribution in [0.25, 0.3) is 15.2 Å². The Bertz CT molecular complexity index is 986. The summed E-state index contributed by atoms with van der Waals surface area (Å²) in [6, 6.07) is 14.0. The van der Waals surface area contributed by atoms with Gasteiger partial charge in [0.15, 0.2) is 4.96 Å². The molecule has 0 radical (unpaired) electrons. The third kappa shape index (κ3) is 2.38. The highest BCUT2D eigenvalue weighted by molar-refractivity contribution is 7.23. The number of thiazole rings is 1. The maximum Gasteiger partial charge on any atom is 0.194 e. The standard InChI is InChI=1S/C18H17N3OS/c1-2-13-11-20-18-21(13)15-9-14(7-8-17(15)23-18)22-16-6-4-3-5-12(16)10-19/h3-9,11H,2,10,19H2,1H3. The lowest BCUT2D eigenvalue weighted by Crippen LogP contribution is -1.99. The summed E-state index contributed by atoms with van der Waals surface area (Å²) in [7, 11) is 0. The minimum Gasteiger partial charge on any atom is -0.457 e. The molecule has 0 fully saturated rings. The molecule has 0 unspecified atom stereocenters. The van der Waals surface area contributed by atoms with Crippen molar-refractivity contribution in [3.63, 3.8) is 0 Å². The second kappa shape index (κ2) is 5.68. The fourth-order valence-corrected chi connectivity index (χ4v) is 3.77. The molecular formula is C18H17N3OS. The lowest BCUT2D eigenvalue weighted by molar-refractivity contribution is 0.477. The van der Waals surface area contributed by atoms with Crippen molar-refractivity contribution in [3.8, 4) is 11.5 Å². The maximum absolute atomic E-state index is 6.07. The first-order valence-electron chi connectivity index (χ1n) is 7.65. The number of fused-ring (bicyclic) bond motifs is 3. The van der Waals surface area contributed by atoms with Crippen molar-refractivity contribution in [1.29, 1.82) is 0 Å². The van der Waals surface area contributed by atoms with E-state index in [2.05, 4.69) is 28.4 Å². The summed E-state index contributed by atoms with van der Waals surface area (Å²) < 4.78 is 9.49. The molecular weight excluding hydrogens is 306 g/mol. The summed E-state index contributed by atoms with van der Waals surface area (Å²) in [6.07, 6.45) is 2.90. The monoisotopic (exact) mass is 323 g/mol. The van der Waals surface area contributed by atoms with Crippen molar-refractivity contribution < 1.29 is 4.74 Å². The molecule has 23 heavy (non-hydrogen) atoms. The van der Waals surface area contributed by atoms with E-state index >= 15 is 0 Å². The summed E-state index contributed by atoms with van der Waals surface area (Å²) >= 11 is 1.70. The van der Waals surface area contributed by atoms with Crippen LogP contribution < -0.4 is 10.5 Å². The zero-order valence-electron chi connectivity index (χ0n) is 12.8. The number of hydrogen-bond acceptors (Lipinski definition) is 4.